The molecule has 0 radical (unpaired) electrons. The summed E-state index contributed by atoms with van der Waals surface area (Å²) >= 11 is 0. The Morgan fingerprint density at radius 2 is 0.841 bits per heavy atom. The lowest BCUT2D eigenvalue weighted by molar-refractivity contribution is -0.359. The Hall–Kier alpha value is -3.09. The number of ether oxygens (including phenoxy) is 4. The van der Waals surface area contributed by atoms with Gasteiger partial charge in [-0.05, 0) is 70.6 Å². The molecule has 9 N–H and O–H groups in total. The molecule has 0 bridgehead atoms. The van der Waals surface area contributed by atoms with E-state index in [9.17, 15) is 45.6 Å². The lowest BCUT2D eigenvalue weighted by Gasteiger charge is -2.46. The van der Waals surface area contributed by atoms with Crippen molar-refractivity contribution in [1.29, 1.82) is 0 Å². The van der Waals surface area contributed by atoms with Crippen LogP contribution >= 0.6 is 0 Å². The summed E-state index contributed by atoms with van der Waals surface area (Å²) in [5.74, 6) is -0.299. The first-order valence-electron chi connectivity index (χ1n) is 32.5. The summed E-state index contributed by atoms with van der Waals surface area (Å²) in [6, 6.07) is -0.953. The molecule has 14 nitrogen and oxygen atoms in total. The minimum absolute atomic E-state index is 0.196. The van der Waals surface area contributed by atoms with Gasteiger partial charge in [-0.25, -0.2) is 0 Å². The number of hydrogen-bond donors (Lipinski definition) is 9. The highest BCUT2D eigenvalue weighted by atomic mass is 16.7. The second-order valence-electron chi connectivity index (χ2n) is 22.5. The van der Waals surface area contributed by atoms with E-state index in [2.05, 4.69) is 98.2 Å². The van der Waals surface area contributed by atoms with E-state index in [4.69, 9.17) is 18.9 Å². The maximum absolute atomic E-state index is 13.3. The smallest absolute Gasteiger partial charge is 0.220 e. The van der Waals surface area contributed by atoms with Crippen molar-refractivity contribution in [3.05, 3.63) is 97.2 Å². The first-order valence-corrected chi connectivity index (χ1v) is 32.5. The molecule has 472 valence electrons. The average Bonchev–Trinajstić information content (AvgIpc) is 3.53. The molecule has 2 aliphatic rings. The van der Waals surface area contributed by atoms with Gasteiger partial charge >= 0.3 is 0 Å². The zero-order valence-electron chi connectivity index (χ0n) is 50.9. The topological polar surface area (TPSA) is 228 Å². The van der Waals surface area contributed by atoms with Crippen LogP contribution in [-0.4, -0.2) is 140 Å². The van der Waals surface area contributed by atoms with E-state index in [0.29, 0.717) is 12.8 Å². The quantitative estimate of drug-likeness (QED) is 0.0204. The fourth-order valence-electron chi connectivity index (χ4n) is 10.1. The average molecular weight is 1160 g/mol. The van der Waals surface area contributed by atoms with E-state index in [1.165, 1.54) is 135 Å². The summed E-state index contributed by atoms with van der Waals surface area (Å²) in [4.78, 5) is 13.3. The first-order chi connectivity index (χ1) is 40.1. The molecule has 2 heterocycles. The molecule has 0 aromatic carbocycles. The molecule has 2 saturated heterocycles. The maximum atomic E-state index is 13.3. The number of amides is 1. The van der Waals surface area contributed by atoms with Gasteiger partial charge in [0.15, 0.2) is 12.6 Å². The van der Waals surface area contributed by atoms with Crippen molar-refractivity contribution in [2.75, 3.05) is 19.8 Å². The molecule has 0 spiro atoms. The third-order valence-corrected chi connectivity index (χ3v) is 15.3. The van der Waals surface area contributed by atoms with E-state index in [-0.39, 0.29) is 18.9 Å². The molecule has 12 atom stereocenters. The fraction of sp³-hybridized carbons (Fsp3) is 0.750. The highest BCUT2D eigenvalue weighted by molar-refractivity contribution is 5.76. The normalized spacial score (nSPS) is 24.6. The number of unbranched alkanes of at least 4 members (excludes halogenated alkanes) is 24. The molecule has 0 aliphatic carbocycles. The fourth-order valence-corrected chi connectivity index (χ4v) is 10.1. The van der Waals surface area contributed by atoms with Gasteiger partial charge in [0, 0.05) is 6.42 Å². The van der Waals surface area contributed by atoms with Crippen molar-refractivity contribution < 1.29 is 64.6 Å². The molecule has 0 aromatic rings. The lowest BCUT2D eigenvalue weighted by Crippen LogP contribution is -2.65. The van der Waals surface area contributed by atoms with Crippen molar-refractivity contribution in [1.82, 2.24) is 5.32 Å². The van der Waals surface area contributed by atoms with Crippen molar-refractivity contribution in [3.8, 4) is 0 Å². The molecular formula is C68H117NO13. The van der Waals surface area contributed by atoms with Gasteiger partial charge < -0.3 is 65.1 Å². The second-order valence-corrected chi connectivity index (χ2v) is 22.5. The van der Waals surface area contributed by atoms with Crippen LogP contribution in [0, 0.1) is 0 Å². The zero-order chi connectivity index (χ0) is 59.5. The molecule has 2 fully saturated rings. The van der Waals surface area contributed by atoms with Crippen LogP contribution in [0.4, 0.5) is 0 Å². The van der Waals surface area contributed by atoms with Crippen LogP contribution in [-0.2, 0) is 23.7 Å². The maximum Gasteiger partial charge on any atom is 0.220 e. The monoisotopic (exact) mass is 1160 g/mol. The van der Waals surface area contributed by atoms with Crippen molar-refractivity contribution >= 4 is 5.91 Å². The van der Waals surface area contributed by atoms with E-state index in [1.54, 1.807) is 6.08 Å². The van der Waals surface area contributed by atoms with Crippen molar-refractivity contribution in [2.24, 2.45) is 0 Å². The summed E-state index contributed by atoms with van der Waals surface area (Å²) in [5.41, 5.74) is 0. The molecule has 82 heavy (non-hydrogen) atoms. The predicted molar refractivity (Wildman–Crippen MR) is 332 cm³/mol. The van der Waals surface area contributed by atoms with Gasteiger partial charge in [-0.15, -0.1) is 0 Å². The molecule has 14 heteroatoms. The van der Waals surface area contributed by atoms with Crippen LogP contribution < -0.4 is 5.32 Å². The Kier molecular flexibility index (Phi) is 47.8. The Morgan fingerprint density at radius 3 is 1.28 bits per heavy atom. The Balaban J connectivity index is 1.77. The molecule has 12 unspecified atom stereocenters. The number of rotatable bonds is 51. The zero-order valence-corrected chi connectivity index (χ0v) is 50.9. The molecule has 1 amide bonds. The van der Waals surface area contributed by atoms with Gasteiger partial charge in [0.05, 0.1) is 32.0 Å². The summed E-state index contributed by atoms with van der Waals surface area (Å²) < 4.78 is 22.8. The predicted octanol–water partition coefficient (Wildman–Crippen LogP) is 12.2. The molecular weight excluding hydrogens is 1040 g/mol. The number of nitrogens with one attached hydrogen (secondary N) is 1. The Bertz CT molecular complexity index is 1740. The van der Waals surface area contributed by atoms with Gasteiger partial charge in [0.25, 0.3) is 0 Å². The van der Waals surface area contributed by atoms with E-state index in [1.807, 2.05) is 12.2 Å². The van der Waals surface area contributed by atoms with Crippen LogP contribution in [0.15, 0.2) is 97.2 Å². The molecule has 2 aliphatic heterocycles. The largest absolute Gasteiger partial charge is 0.394 e. The number of hydrogen-bond acceptors (Lipinski definition) is 13. The van der Waals surface area contributed by atoms with Gasteiger partial charge in [-0.3, -0.25) is 4.79 Å². The SMILES string of the molecule is CC/C=C\C/C=C\C/C=C\C/C=C\C/C=C\C/C=C\C/C=C\CCCC(=O)NC(COC1OC(CO)C(OC2OC(CO)C(O)C(O)C2O)C(O)C1O)C(O)/C=C/CCCCCCCCCCCCCCCCCCCCCCCCC. The molecule has 0 aromatic heterocycles. The highest BCUT2D eigenvalue weighted by Crippen LogP contribution is 2.30. The van der Waals surface area contributed by atoms with Crippen LogP contribution in [0.3, 0.4) is 0 Å². The minimum atomic E-state index is -1.80. The number of carbonyl (C=O) groups excluding carboxylic acids is 1. The first kappa shape index (κ1) is 75.0. The molecule has 2 rings (SSSR count). The molecule has 0 saturated carbocycles. The van der Waals surface area contributed by atoms with Crippen LogP contribution in [0.5, 0.6) is 0 Å². The third kappa shape index (κ3) is 36.7. The summed E-state index contributed by atoms with van der Waals surface area (Å²) in [6.07, 6.45) is 56.0. The lowest BCUT2D eigenvalue weighted by atomic mass is 9.97. The summed E-state index contributed by atoms with van der Waals surface area (Å²) in [7, 11) is 0. The highest BCUT2D eigenvalue weighted by Gasteiger charge is 2.51. The van der Waals surface area contributed by atoms with Crippen LogP contribution in [0.2, 0.25) is 0 Å². The summed E-state index contributed by atoms with van der Waals surface area (Å²) in [5, 5.41) is 87.2. The van der Waals surface area contributed by atoms with Crippen molar-refractivity contribution in [3.63, 3.8) is 0 Å². The standard InChI is InChI=1S/C68H117NO13/c1-3-5-7-9-11-13-15-17-19-21-23-25-27-28-30-31-33-35-37-39-41-43-45-47-49-51-57(72)56(55-79-67-65(78)63(76)66(59(54-71)81-67)82-68-64(77)62(75)61(74)58(53-70)80-68)69-60(73)52-50-48-46-44-42-40-38-36-34-32-29-26-24-22-20-18-16-14-12-10-8-6-4-2/h6,8,12,14,18,20,24,26,32,34,38,40,44,46,49,51,56-59,61-68,70-72,74-78H,3-5,7,9-11,13,15-17,19,21-23,25,27-31,33,35-37,39,41-43,45,47-48,50,52-55H2,1-2H3,(H,69,73)/b8-6-,14-12-,20-18-,26-24-,34-32-,40-38-,46-44-,51-49+. The van der Waals surface area contributed by atoms with E-state index in [0.717, 1.165) is 64.2 Å². The van der Waals surface area contributed by atoms with Crippen LogP contribution in [0.1, 0.15) is 232 Å². The second kappa shape index (κ2) is 52.3. The number of allylic oxidation sites excluding steroid dienone is 15. The van der Waals surface area contributed by atoms with E-state index < -0.39 is 86.8 Å². The van der Waals surface area contributed by atoms with Gasteiger partial charge in [-0.2, -0.15) is 0 Å². The van der Waals surface area contributed by atoms with Crippen LogP contribution in [0.25, 0.3) is 0 Å². The Morgan fingerprint density at radius 1 is 0.451 bits per heavy atom. The van der Waals surface area contributed by atoms with E-state index >= 15 is 0 Å². The summed E-state index contributed by atoms with van der Waals surface area (Å²) in [6.45, 7) is 2.66. The van der Waals surface area contributed by atoms with Gasteiger partial charge in [0.2, 0.25) is 5.91 Å². The number of carbonyl (C=O) groups is 1. The van der Waals surface area contributed by atoms with Gasteiger partial charge in [-0.1, -0.05) is 252 Å². The number of aliphatic hydroxyl groups is 8. The van der Waals surface area contributed by atoms with Gasteiger partial charge in [0.1, 0.15) is 48.8 Å². The van der Waals surface area contributed by atoms with Crippen molar-refractivity contribution in [2.45, 2.75) is 306 Å². The Labute approximate surface area is 496 Å². The minimum Gasteiger partial charge on any atom is -0.394 e. The number of aliphatic hydroxyl groups excluding tert-OH is 8. The third-order valence-electron chi connectivity index (χ3n) is 15.3.